The highest BCUT2D eigenvalue weighted by molar-refractivity contribution is 6.29. The molecule has 110 valence electrons. The average Bonchev–Trinajstić information content (AvgIpc) is 2.48. The number of carbonyl (C=O) groups is 1. The van der Waals surface area contributed by atoms with Crippen molar-refractivity contribution in [3.8, 4) is 0 Å². The fourth-order valence-corrected chi connectivity index (χ4v) is 2.00. The van der Waals surface area contributed by atoms with Gasteiger partial charge in [0.1, 0.15) is 5.15 Å². The van der Waals surface area contributed by atoms with Crippen LogP contribution >= 0.6 is 11.6 Å². The number of nitrogens with zero attached hydrogens (tertiary/aromatic N) is 2. The maximum absolute atomic E-state index is 12.0. The van der Waals surface area contributed by atoms with Gasteiger partial charge in [0.05, 0.1) is 6.61 Å². The van der Waals surface area contributed by atoms with Crippen molar-refractivity contribution in [2.45, 2.75) is 0 Å². The van der Waals surface area contributed by atoms with Gasteiger partial charge in [0, 0.05) is 36.7 Å². The molecule has 0 bridgehead atoms. The summed E-state index contributed by atoms with van der Waals surface area (Å²) in [5.74, 6) is -0.240. The number of anilines is 2. The first-order valence-corrected chi connectivity index (χ1v) is 6.83. The molecular formula is C15H16ClN3O2. The summed E-state index contributed by atoms with van der Waals surface area (Å²) in [5, 5.41) is 12.0. The van der Waals surface area contributed by atoms with Gasteiger partial charge in [-0.05, 0) is 36.4 Å². The summed E-state index contributed by atoms with van der Waals surface area (Å²) in [6, 6.07) is 10.5. The molecule has 1 aromatic heterocycles. The Balaban J connectivity index is 2.05. The van der Waals surface area contributed by atoms with Gasteiger partial charge < -0.3 is 15.3 Å². The van der Waals surface area contributed by atoms with Gasteiger partial charge in [-0.15, -0.1) is 0 Å². The molecule has 2 aromatic rings. The molecule has 2 rings (SSSR count). The van der Waals surface area contributed by atoms with Crippen LogP contribution in [0.3, 0.4) is 0 Å². The summed E-state index contributed by atoms with van der Waals surface area (Å²) in [7, 11) is 1.89. The van der Waals surface area contributed by atoms with Crippen LogP contribution in [0.2, 0.25) is 5.15 Å². The van der Waals surface area contributed by atoms with E-state index in [2.05, 4.69) is 10.3 Å². The van der Waals surface area contributed by atoms with Crippen LogP contribution < -0.4 is 10.2 Å². The lowest BCUT2D eigenvalue weighted by Crippen LogP contribution is -2.21. The second-order valence-corrected chi connectivity index (χ2v) is 4.90. The predicted octanol–water partition coefficient (Wildman–Crippen LogP) is 2.42. The average molecular weight is 306 g/mol. The number of aromatic nitrogens is 1. The SMILES string of the molecule is CN(CCO)c1ccc(NC(=O)c2ccnc(Cl)c2)cc1. The summed E-state index contributed by atoms with van der Waals surface area (Å²) in [4.78, 5) is 17.8. The molecule has 0 aliphatic rings. The van der Waals surface area contributed by atoms with Gasteiger partial charge in [-0.3, -0.25) is 4.79 Å². The number of hydrogen-bond acceptors (Lipinski definition) is 4. The van der Waals surface area contributed by atoms with Crippen LogP contribution in [0.5, 0.6) is 0 Å². The van der Waals surface area contributed by atoms with Crippen molar-refractivity contribution in [3.05, 3.63) is 53.3 Å². The number of benzene rings is 1. The Bertz CT molecular complexity index is 617. The molecule has 0 unspecified atom stereocenters. The minimum absolute atomic E-state index is 0.0950. The summed E-state index contributed by atoms with van der Waals surface area (Å²) in [6.07, 6.45) is 1.49. The van der Waals surface area contributed by atoms with Crippen molar-refractivity contribution >= 4 is 28.9 Å². The van der Waals surface area contributed by atoms with E-state index in [4.69, 9.17) is 16.7 Å². The molecular weight excluding hydrogens is 290 g/mol. The third kappa shape index (κ3) is 4.18. The molecule has 0 saturated heterocycles. The van der Waals surface area contributed by atoms with Crippen molar-refractivity contribution in [1.82, 2.24) is 4.98 Å². The monoisotopic (exact) mass is 305 g/mol. The first kappa shape index (κ1) is 15.3. The van der Waals surface area contributed by atoms with Gasteiger partial charge in [0.25, 0.3) is 5.91 Å². The lowest BCUT2D eigenvalue weighted by molar-refractivity contribution is 0.102. The Kier molecular flexibility index (Phi) is 5.14. The standard InChI is InChI=1S/C15H16ClN3O2/c1-19(8-9-20)13-4-2-12(3-5-13)18-15(21)11-6-7-17-14(16)10-11/h2-7,10,20H,8-9H2,1H3,(H,18,21). The van der Waals surface area contributed by atoms with Crippen LogP contribution in [0.15, 0.2) is 42.6 Å². The number of aliphatic hydroxyl groups is 1. The molecule has 2 N–H and O–H groups in total. The number of rotatable bonds is 5. The normalized spacial score (nSPS) is 10.2. The molecule has 0 aliphatic heterocycles. The molecule has 1 aromatic carbocycles. The number of aliphatic hydroxyl groups excluding tert-OH is 1. The molecule has 0 radical (unpaired) electrons. The number of halogens is 1. The van der Waals surface area contributed by atoms with Crippen molar-refractivity contribution in [3.63, 3.8) is 0 Å². The first-order valence-electron chi connectivity index (χ1n) is 6.45. The topological polar surface area (TPSA) is 65.5 Å². The second-order valence-electron chi connectivity index (χ2n) is 4.51. The van der Waals surface area contributed by atoms with Crippen LogP contribution in [0.25, 0.3) is 0 Å². The lowest BCUT2D eigenvalue weighted by atomic mass is 10.2. The molecule has 1 amide bonds. The van der Waals surface area contributed by atoms with Gasteiger partial charge in [0.15, 0.2) is 0 Å². The van der Waals surface area contributed by atoms with E-state index in [9.17, 15) is 4.79 Å². The molecule has 21 heavy (non-hydrogen) atoms. The lowest BCUT2D eigenvalue weighted by Gasteiger charge is -2.18. The fraction of sp³-hybridized carbons (Fsp3) is 0.200. The Hall–Kier alpha value is -2.11. The predicted molar refractivity (Wildman–Crippen MR) is 84.0 cm³/mol. The number of nitrogens with one attached hydrogen (secondary N) is 1. The van der Waals surface area contributed by atoms with Crippen LogP contribution in [0, 0.1) is 0 Å². The summed E-state index contributed by atoms with van der Waals surface area (Å²) >= 11 is 5.76. The molecule has 5 nitrogen and oxygen atoms in total. The van der Waals surface area contributed by atoms with Gasteiger partial charge in [-0.2, -0.15) is 0 Å². The van der Waals surface area contributed by atoms with E-state index in [1.165, 1.54) is 12.3 Å². The van der Waals surface area contributed by atoms with Crippen LogP contribution in [-0.2, 0) is 0 Å². The quantitative estimate of drug-likeness (QED) is 0.833. The first-order chi connectivity index (χ1) is 10.1. The van der Waals surface area contributed by atoms with E-state index in [0.717, 1.165) is 5.69 Å². The van der Waals surface area contributed by atoms with Crippen molar-refractivity contribution in [2.75, 3.05) is 30.4 Å². The fourth-order valence-electron chi connectivity index (χ4n) is 1.83. The van der Waals surface area contributed by atoms with Gasteiger partial charge in [-0.1, -0.05) is 11.6 Å². The molecule has 0 aliphatic carbocycles. The highest BCUT2D eigenvalue weighted by Gasteiger charge is 2.07. The molecule has 0 fully saturated rings. The van der Waals surface area contributed by atoms with E-state index in [-0.39, 0.29) is 17.7 Å². The highest BCUT2D eigenvalue weighted by atomic mass is 35.5. The smallest absolute Gasteiger partial charge is 0.255 e. The van der Waals surface area contributed by atoms with E-state index in [0.29, 0.717) is 17.8 Å². The Morgan fingerprint density at radius 1 is 1.33 bits per heavy atom. The number of amides is 1. The maximum atomic E-state index is 12.0. The van der Waals surface area contributed by atoms with Gasteiger partial charge >= 0.3 is 0 Å². The Morgan fingerprint density at radius 3 is 2.67 bits per heavy atom. The van der Waals surface area contributed by atoms with E-state index in [1.807, 2.05) is 36.2 Å². The number of pyridine rings is 1. The van der Waals surface area contributed by atoms with Gasteiger partial charge in [-0.25, -0.2) is 4.98 Å². The van der Waals surface area contributed by atoms with Crippen molar-refractivity contribution < 1.29 is 9.90 Å². The van der Waals surface area contributed by atoms with E-state index in [1.54, 1.807) is 6.07 Å². The Morgan fingerprint density at radius 2 is 2.05 bits per heavy atom. The summed E-state index contributed by atoms with van der Waals surface area (Å²) < 4.78 is 0. The van der Waals surface area contributed by atoms with Crippen molar-refractivity contribution in [2.24, 2.45) is 0 Å². The zero-order valence-electron chi connectivity index (χ0n) is 11.6. The second kappa shape index (κ2) is 7.06. The summed E-state index contributed by atoms with van der Waals surface area (Å²) in [5.41, 5.74) is 2.11. The maximum Gasteiger partial charge on any atom is 0.255 e. The zero-order valence-corrected chi connectivity index (χ0v) is 12.3. The van der Waals surface area contributed by atoms with Crippen molar-refractivity contribution in [1.29, 1.82) is 0 Å². The molecule has 0 atom stereocenters. The number of carbonyl (C=O) groups excluding carboxylic acids is 1. The summed E-state index contributed by atoms with van der Waals surface area (Å²) in [6.45, 7) is 0.652. The van der Waals surface area contributed by atoms with E-state index >= 15 is 0 Å². The van der Waals surface area contributed by atoms with E-state index < -0.39 is 0 Å². The number of likely N-dealkylation sites (N-methyl/N-ethyl adjacent to an activating group) is 1. The third-order valence-electron chi connectivity index (χ3n) is 2.99. The molecule has 0 saturated carbocycles. The van der Waals surface area contributed by atoms with Gasteiger partial charge in [0.2, 0.25) is 0 Å². The minimum atomic E-state index is -0.240. The minimum Gasteiger partial charge on any atom is -0.395 e. The highest BCUT2D eigenvalue weighted by Crippen LogP contribution is 2.17. The molecule has 0 spiro atoms. The van der Waals surface area contributed by atoms with Crippen LogP contribution in [0.1, 0.15) is 10.4 Å². The molecule has 1 heterocycles. The zero-order chi connectivity index (χ0) is 15.2. The third-order valence-corrected chi connectivity index (χ3v) is 3.20. The Labute approximate surface area is 128 Å². The molecule has 6 heteroatoms. The largest absolute Gasteiger partial charge is 0.395 e. The van der Waals surface area contributed by atoms with Crippen LogP contribution in [0.4, 0.5) is 11.4 Å². The van der Waals surface area contributed by atoms with Crippen LogP contribution in [-0.4, -0.2) is 36.2 Å². The number of hydrogen-bond donors (Lipinski definition) is 2.